The molecule has 0 bridgehead atoms. The van der Waals surface area contributed by atoms with Crippen molar-refractivity contribution < 1.29 is 0 Å². The number of aliphatic imine (C=N–C) groups is 2. The van der Waals surface area contributed by atoms with Crippen LogP contribution in [0.3, 0.4) is 0 Å². The molecule has 1 atom stereocenters. The summed E-state index contributed by atoms with van der Waals surface area (Å²) in [5.74, 6) is 0.989. The molecule has 5 heteroatoms. The summed E-state index contributed by atoms with van der Waals surface area (Å²) in [7, 11) is 0. The van der Waals surface area contributed by atoms with Crippen molar-refractivity contribution in [2.75, 3.05) is 0 Å². The van der Waals surface area contributed by atoms with E-state index in [1.807, 2.05) is 24.3 Å². The maximum absolute atomic E-state index is 7.43. The Morgan fingerprint density at radius 1 is 0.493 bits per heavy atom. The number of aromatic nitrogens is 2. The van der Waals surface area contributed by atoms with Crippen LogP contribution in [0.5, 0.6) is 0 Å². The van der Waals surface area contributed by atoms with Crippen molar-refractivity contribution in [1.82, 2.24) is 9.13 Å². The molecular formula is C66H51N5. The second-order valence-electron chi connectivity index (χ2n) is 19.4. The summed E-state index contributed by atoms with van der Waals surface area (Å²) in [6, 6.07) is 80.7. The number of fused-ring (bicyclic) bond motifs is 11. The third-order valence-corrected chi connectivity index (χ3v) is 15.0. The monoisotopic (exact) mass is 913 g/mol. The molecule has 340 valence electrons. The van der Waals surface area contributed by atoms with E-state index in [4.69, 9.17) is 15.7 Å². The first kappa shape index (κ1) is 42.3. The van der Waals surface area contributed by atoms with Gasteiger partial charge in [-0.3, -0.25) is 4.99 Å². The molecule has 0 amide bonds. The third kappa shape index (κ3) is 6.83. The predicted octanol–water partition coefficient (Wildman–Crippen LogP) is 16.3. The first-order valence-corrected chi connectivity index (χ1v) is 24.7. The van der Waals surface area contributed by atoms with Gasteiger partial charge in [0, 0.05) is 49.5 Å². The molecule has 10 aromatic carbocycles. The van der Waals surface area contributed by atoms with E-state index in [2.05, 4.69) is 230 Å². The van der Waals surface area contributed by atoms with Crippen LogP contribution in [0.2, 0.25) is 0 Å². The minimum atomic E-state index is -0.222. The Bertz CT molecular complexity index is 4120. The number of hydrogen-bond acceptors (Lipinski definition) is 1. The maximum Gasteiger partial charge on any atom is 0.157 e. The number of benzene rings is 10. The molecule has 0 saturated heterocycles. The van der Waals surface area contributed by atoms with Crippen LogP contribution in [-0.4, -0.2) is 20.8 Å². The topological polar surface area (TPSA) is 60.6 Å². The summed E-state index contributed by atoms with van der Waals surface area (Å²) in [6.45, 7) is 6.92. The molecule has 5 nitrogen and oxygen atoms in total. The van der Waals surface area contributed by atoms with E-state index in [1.54, 1.807) is 0 Å². The summed E-state index contributed by atoms with van der Waals surface area (Å²) >= 11 is 0. The lowest BCUT2D eigenvalue weighted by atomic mass is 9.82. The van der Waals surface area contributed by atoms with Crippen LogP contribution < -0.4 is 5.73 Å². The first-order chi connectivity index (χ1) is 34.9. The van der Waals surface area contributed by atoms with E-state index >= 15 is 0 Å². The number of hydrogen-bond donors (Lipinski definition) is 1. The van der Waals surface area contributed by atoms with Crippen LogP contribution in [0.25, 0.3) is 88.0 Å². The molecule has 0 saturated carbocycles. The summed E-state index contributed by atoms with van der Waals surface area (Å²) in [5, 5.41) is 7.32. The van der Waals surface area contributed by atoms with Crippen molar-refractivity contribution in [1.29, 1.82) is 0 Å². The smallest absolute Gasteiger partial charge is 0.157 e. The van der Waals surface area contributed by atoms with E-state index in [0.717, 1.165) is 67.7 Å². The zero-order valence-electron chi connectivity index (χ0n) is 40.0. The molecule has 2 N–H and O–H groups in total. The fourth-order valence-corrected chi connectivity index (χ4v) is 11.6. The molecule has 2 heterocycles. The van der Waals surface area contributed by atoms with Gasteiger partial charge in [0.1, 0.15) is 5.84 Å². The highest BCUT2D eigenvalue weighted by Crippen LogP contribution is 2.53. The Morgan fingerprint density at radius 3 is 1.89 bits per heavy atom. The minimum absolute atomic E-state index is 0.0999. The summed E-state index contributed by atoms with van der Waals surface area (Å²) in [5.41, 5.74) is 24.2. The summed E-state index contributed by atoms with van der Waals surface area (Å²) < 4.78 is 4.83. The lowest BCUT2D eigenvalue weighted by Crippen LogP contribution is -2.17. The lowest BCUT2D eigenvalue weighted by molar-refractivity contribution is 0.661. The number of amidine groups is 2. The summed E-state index contributed by atoms with van der Waals surface area (Å²) in [4.78, 5) is 10.7. The average Bonchev–Trinajstić information content (AvgIpc) is 4.02. The van der Waals surface area contributed by atoms with E-state index in [-0.39, 0.29) is 11.5 Å². The molecule has 12 aromatic rings. The zero-order chi connectivity index (χ0) is 47.8. The van der Waals surface area contributed by atoms with Crippen LogP contribution in [-0.2, 0) is 5.41 Å². The summed E-state index contributed by atoms with van der Waals surface area (Å²) in [6.07, 6.45) is 0.811. The Balaban J connectivity index is 1.09. The van der Waals surface area contributed by atoms with Crippen LogP contribution in [0.4, 0.5) is 0 Å². The van der Waals surface area contributed by atoms with Crippen molar-refractivity contribution >= 4 is 66.1 Å². The molecule has 0 fully saturated rings. The molecular weight excluding hydrogens is 863 g/mol. The Morgan fingerprint density at radius 2 is 1.13 bits per heavy atom. The molecule has 2 aromatic heterocycles. The van der Waals surface area contributed by atoms with Gasteiger partial charge >= 0.3 is 0 Å². The van der Waals surface area contributed by atoms with Crippen LogP contribution in [0.15, 0.2) is 234 Å². The van der Waals surface area contributed by atoms with Gasteiger partial charge in [-0.05, 0) is 117 Å². The van der Waals surface area contributed by atoms with Gasteiger partial charge in [0.2, 0.25) is 0 Å². The number of para-hydroxylation sites is 3. The van der Waals surface area contributed by atoms with E-state index in [9.17, 15) is 0 Å². The van der Waals surface area contributed by atoms with Crippen molar-refractivity contribution in [2.24, 2.45) is 15.7 Å². The highest BCUT2D eigenvalue weighted by atomic mass is 15.0. The van der Waals surface area contributed by atoms with Crippen molar-refractivity contribution in [2.45, 2.75) is 38.6 Å². The number of nitrogens with two attached hydrogens (primary N) is 1. The second kappa shape index (κ2) is 16.7. The van der Waals surface area contributed by atoms with Crippen molar-refractivity contribution in [3.63, 3.8) is 0 Å². The lowest BCUT2D eigenvalue weighted by Gasteiger charge is -2.22. The zero-order valence-corrected chi connectivity index (χ0v) is 40.0. The highest BCUT2D eigenvalue weighted by molar-refractivity contribution is 6.18. The Labute approximate surface area is 413 Å². The van der Waals surface area contributed by atoms with Crippen LogP contribution in [0.1, 0.15) is 61.1 Å². The van der Waals surface area contributed by atoms with E-state index < -0.39 is 0 Å². The molecule has 1 aliphatic carbocycles. The van der Waals surface area contributed by atoms with Gasteiger partial charge in [-0.2, -0.15) is 0 Å². The van der Waals surface area contributed by atoms with Gasteiger partial charge in [-0.15, -0.1) is 0 Å². The maximum atomic E-state index is 7.43. The molecule has 1 unspecified atom stereocenters. The van der Waals surface area contributed by atoms with E-state index in [1.165, 1.54) is 54.6 Å². The number of rotatable bonds is 8. The SMILES string of the molecule is CCC(/N=C(\N=C(/N)c1cc(-c2cccc3c2c2ccccc2n3-c2ccccc2)cc(-n2c3ccccc3c3cc4c(cc32)C(C)(C)c2ccc3ccccc3c2-4)c1)c1ccccc1)c1ccccc1. The second-order valence-corrected chi connectivity index (χ2v) is 19.4. The normalized spacial score (nSPS) is 13.9. The van der Waals surface area contributed by atoms with Crippen molar-refractivity contribution in [3.8, 4) is 33.6 Å². The van der Waals surface area contributed by atoms with Gasteiger partial charge in [0.05, 0.1) is 28.1 Å². The van der Waals surface area contributed by atoms with Gasteiger partial charge in [-0.25, -0.2) is 4.99 Å². The largest absolute Gasteiger partial charge is 0.383 e. The third-order valence-electron chi connectivity index (χ3n) is 15.0. The predicted molar refractivity (Wildman–Crippen MR) is 299 cm³/mol. The van der Waals surface area contributed by atoms with Crippen molar-refractivity contribution in [3.05, 3.63) is 252 Å². The Kier molecular flexibility index (Phi) is 9.96. The van der Waals surface area contributed by atoms with Gasteiger partial charge < -0.3 is 14.9 Å². The fraction of sp³-hybridized carbons (Fsp3) is 0.0909. The standard InChI is InChI=1S/C66H51N5/c1-4-57(43-22-8-5-9-23-43)68-65(44-24-10-6-11-25-44)69-64(67)46-37-45(50-31-20-34-60-63(50)52-30-17-19-33-59(52)70(60)47-26-12-7-13-27-47)38-48(39-46)71-58-32-18-16-29-51(58)53-40-54-56(41-61(53)71)66(2,3)55-36-35-42-21-14-15-28-49(42)62(54)55/h5-41,57H,4H2,1-3H3,(H2,67,68,69). The molecule has 0 radical (unpaired) electrons. The van der Waals surface area contributed by atoms with Gasteiger partial charge in [0.15, 0.2) is 5.84 Å². The Hall–Kier alpha value is -8.80. The first-order valence-electron chi connectivity index (χ1n) is 24.7. The number of nitrogens with zero attached hydrogens (tertiary/aromatic N) is 4. The molecule has 0 aliphatic heterocycles. The van der Waals surface area contributed by atoms with Gasteiger partial charge in [-0.1, -0.05) is 185 Å². The highest BCUT2D eigenvalue weighted by Gasteiger charge is 2.37. The molecule has 13 rings (SSSR count). The molecule has 1 aliphatic rings. The van der Waals surface area contributed by atoms with E-state index in [0.29, 0.717) is 11.7 Å². The molecule has 0 spiro atoms. The van der Waals surface area contributed by atoms with Gasteiger partial charge in [0.25, 0.3) is 0 Å². The fourth-order valence-electron chi connectivity index (χ4n) is 11.6. The van der Waals surface area contributed by atoms with Crippen LogP contribution in [0, 0.1) is 0 Å². The molecule has 71 heavy (non-hydrogen) atoms. The average molecular weight is 914 g/mol. The quantitative estimate of drug-likeness (QED) is 0.120. The minimum Gasteiger partial charge on any atom is -0.383 e. The van der Waals surface area contributed by atoms with Crippen LogP contribution >= 0.6 is 0 Å².